The minimum absolute atomic E-state index is 0.0972. The summed E-state index contributed by atoms with van der Waals surface area (Å²) in [6.07, 6.45) is 1.27. The molecular weight excluding hydrogens is 142 g/mol. The lowest BCUT2D eigenvalue weighted by molar-refractivity contribution is 0.535. The molecule has 0 aliphatic carbocycles. The quantitative estimate of drug-likeness (QED) is 0.553. The smallest absolute Gasteiger partial charge is 0.137 e. The maximum Gasteiger partial charge on any atom is 0.137 e. The third-order valence-corrected chi connectivity index (χ3v) is 1.23. The third-order valence-electron chi connectivity index (χ3n) is 0.719. The summed E-state index contributed by atoms with van der Waals surface area (Å²) in [5.74, 6) is 0.267. The van der Waals surface area contributed by atoms with Crippen molar-refractivity contribution in [3.63, 3.8) is 0 Å². The Labute approximate surface area is 53.8 Å². The number of nitrogens with one attached hydrogen (secondary N) is 1. The van der Waals surface area contributed by atoms with Crippen LogP contribution >= 0.6 is 0 Å². The Morgan fingerprint density at radius 3 is 3.11 bits per heavy atom. The number of aromatic amines is 1. The first-order valence-corrected chi connectivity index (χ1v) is 3.43. The Hall–Kier alpha value is -0.750. The molecule has 0 bridgehead atoms. The predicted octanol–water partition coefficient (Wildman–Crippen LogP) is -0.816. The number of nitrogens with zero attached hydrogens (tertiary/aromatic N) is 2. The lowest BCUT2D eigenvalue weighted by Gasteiger charge is -1.98. The van der Waals surface area contributed by atoms with Gasteiger partial charge in [-0.05, 0) is 11.1 Å². The lowest BCUT2D eigenvalue weighted by atomic mass is 10.7. The third kappa shape index (κ3) is 1.90. The van der Waals surface area contributed by atoms with Crippen molar-refractivity contribution in [2.75, 3.05) is 0 Å². The van der Waals surface area contributed by atoms with E-state index in [4.69, 9.17) is 0 Å². The average molecular weight is 146 g/mol. The number of hydrogen-bond acceptors (Lipinski definition) is 4. The molecule has 1 aromatic rings. The second kappa shape index (κ2) is 2.70. The lowest BCUT2D eigenvalue weighted by Crippen LogP contribution is -1.94. The highest BCUT2D eigenvalue weighted by Crippen LogP contribution is 1.88. The van der Waals surface area contributed by atoms with E-state index in [1.165, 1.54) is 6.33 Å². The van der Waals surface area contributed by atoms with Gasteiger partial charge in [-0.2, -0.15) is 5.10 Å². The molecule has 1 aromatic heterocycles. The summed E-state index contributed by atoms with van der Waals surface area (Å²) in [6.45, 7) is 0. The van der Waals surface area contributed by atoms with E-state index in [0.29, 0.717) is 5.82 Å². The zero-order valence-corrected chi connectivity index (χ0v) is 5.22. The van der Waals surface area contributed by atoms with E-state index in [2.05, 4.69) is 15.2 Å². The monoisotopic (exact) mass is 146 g/mol. The molecule has 1 N–H and O–H groups in total. The van der Waals surface area contributed by atoms with E-state index >= 15 is 0 Å². The standard InChI is InChI=1S/C3H5N3O2S/c7-9(8)1-3-4-2-5-6-3/h2H,1H2,(H,7,8)(H,4,5,6)/p-1. The number of rotatable bonds is 2. The van der Waals surface area contributed by atoms with Crippen LogP contribution in [0.2, 0.25) is 0 Å². The normalized spacial score (nSPS) is 13.4. The highest BCUT2D eigenvalue weighted by Gasteiger charge is 1.91. The maximum absolute atomic E-state index is 9.98. The van der Waals surface area contributed by atoms with Crippen molar-refractivity contribution in [1.82, 2.24) is 15.2 Å². The first-order chi connectivity index (χ1) is 4.29. The Kier molecular flexibility index (Phi) is 1.91. The molecule has 5 nitrogen and oxygen atoms in total. The molecule has 1 unspecified atom stereocenters. The van der Waals surface area contributed by atoms with Crippen molar-refractivity contribution in [3.05, 3.63) is 12.2 Å². The molecule has 1 rings (SSSR count). The van der Waals surface area contributed by atoms with E-state index < -0.39 is 11.1 Å². The molecule has 1 atom stereocenters. The Balaban J connectivity index is 2.58. The minimum atomic E-state index is -2.08. The minimum Gasteiger partial charge on any atom is -0.772 e. The summed E-state index contributed by atoms with van der Waals surface area (Å²) in [5.41, 5.74) is 0. The summed E-state index contributed by atoms with van der Waals surface area (Å²) in [5, 5.41) is 5.88. The molecule has 0 aromatic carbocycles. The van der Waals surface area contributed by atoms with Gasteiger partial charge in [0.15, 0.2) is 0 Å². The summed E-state index contributed by atoms with van der Waals surface area (Å²) in [7, 11) is 0. The van der Waals surface area contributed by atoms with Crippen molar-refractivity contribution in [1.29, 1.82) is 0 Å². The van der Waals surface area contributed by atoms with Crippen LogP contribution in [-0.2, 0) is 16.8 Å². The molecule has 1 heterocycles. The van der Waals surface area contributed by atoms with E-state index in [0.717, 1.165) is 0 Å². The average Bonchev–Trinajstić information content (AvgIpc) is 2.15. The van der Waals surface area contributed by atoms with Crippen LogP contribution in [0.4, 0.5) is 0 Å². The van der Waals surface area contributed by atoms with Gasteiger partial charge in [0.05, 0.1) is 5.75 Å². The summed E-state index contributed by atoms with van der Waals surface area (Å²) in [6, 6.07) is 0. The molecule has 0 spiro atoms. The summed E-state index contributed by atoms with van der Waals surface area (Å²) >= 11 is -2.08. The number of hydrogen-bond donors (Lipinski definition) is 1. The molecule has 0 aliphatic rings. The van der Waals surface area contributed by atoms with Gasteiger partial charge in [-0.1, -0.05) is 0 Å². The van der Waals surface area contributed by atoms with Gasteiger partial charge in [-0.15, -0.1) is 0 Å². The van der Waals surface area contributed by atoms with Crippen LogP contribution in [0, 0.1) is 0 Å². The van der Waals surface area contributed by atoms with Gasteiger partial charge in [0.2, 0.25) is 0 Å². The maximum atomic E-state index is 9.98. The second-order valence-corrected chi connectivity index (χ2v) is 2.28. The van der Waals surface area contributed by atoms with Gasteiger partial charge in [0, 0.05) is 0 Å². The molecule has 50 valence electrons. The number of H-pyrrole nitrogens is 1. The van der Waals surface area contributed by atoms with Crippen LogP contribution in [0.3, 0.4) is 0 Å². The Bertz CT molecular complexity index is 197. The van der Waals surface area contributed by atoms with E-state index in [1.54, 1.807) is 0 Å². The van der Waals surface area contributed by atoms with Crippen LogP contribution in [0.5, 0.6) is 0 Å². The fourth-order valence-electron chi connectivity index (χ4n) is 0.412. The molecule has 0 aliphatic heterocycles. The zero-order chi connectivity index (χ0) is 6.69. The fourth-order valence-corrected chi connectivity index (χ4v) is 0.774. The van der Waals surface area contributed by atoms with Gasteiger partial charge in [0.25, 0.3) is 0 Å². The summed E-state index contributed by atoms with van der Waals surface area (Å²) < 4.78 is 20.0. The van der Waals surface area contributed by atoms with Gasteiger partial charge in [-0.25, -0.2) is 4.98 Å². The molecule has 0 amide bonds. The molecule has 0 radical (unpaired) electrons. The van der Waals surface area contributed by atoms with Gasteiger partial charge in [-0.3, -0.25) is 9.31 Å². The van der Waals surface area contributed by atoms with Crippen molar-refractivity contribution >= 4 is 11.1 Å². The molecular formula is C3H4N3O2S-. The Morgan fingerprint density at radius 2 is 2.67 bits per heavy atom. The van der Waals surface area contributed by atoms with Gasteiger partial charge in [0.1, 0.15) is 12.2 Å². The van der Waals surface area contributed by atoms with Gasteiger partial charge < -0.3 is 4.55 Å². The van der Waals surface area contributed by atoms with Crippen LogP contribution in [0.25, 0.3) is 0 Å². The first-order valence-electron chi connectivity index (χ1n) is 2.19. The van der Waals surface area contributed by atoms with Crippen LogP contribution in [0.15, 0.2) is 6.33 Å². The van der Waals surface area contributed by atoms with Gasteiger partial charge >= 0.3 is 0 Å². The fraction of sp³-hybridized carbons (Fsp3) is 0.333. The van der Waals surface area contributed by atoms with Crippen molar-refractivity contribution in [2.24, 2.45) is 0 Å². The van der Waals surface area contributed by atoms with E-state index in [-0.39, 0.29) is 5.75 Å². The molecule has 0 fully saturated rings. The van der Waals surface area contributed by atoms with E-state index in [9.17, 15) is 8.76 Å². The highest BCUT2D eigenvalue weighted by molar-refractivity contribution is 7.78. The van der Waals surface area contributed by atoms with Crippen molar-refractivity contribution in [3.8, 4) is 0 Å². The first kappa shape index (κ1) is 6.37. The van der Waals surface area contributed by atoms with Crippen LogP contribution < -0.4 is 0 Å². The molecule has 9 heavy (non-hydrogen) atoms. The summed E-state index contributed by atoms with van der Waals surface area (Å²) in [4.78, 5) is 3.60. The van der Waals surface area contributed by atoms with E-state index in [1.807, 2.05) is 0 Å². The van der Waals surface area contributed by atoms with Crippen LogP contribution in [0.1, 0.15) is 5.82 Å². The predicted molar refractivity (Wildman–Crippen MR) is 29.0 cm³/mol. The zero-order valence-electron chi connectivity index (χ0n) is 4.40. The molecule has 0 saturated heterocycles. The molecule has 6 heteroatoms. The van der Waals surface area contributed by atoms with Crippen LogP contribution in [-0.4, -0.2) is 23.9 Å². The van der Waals surface area contributed by atoms with Crippen molar-refractivity contribution < 1.29 is 8.76 Å². The largest absolute Gasteiger partial charge is 0.772 e. The molecule has 0 saturated carbocycles. The Morgan fingerprint density at radius 1 is 1.89 bits per heavy atom. The SMILES string of the molecule is O=S([O-])Cc1ncn[nH]1. The topological polar surface area (TPSA) is 81.7 Å². The highest BCUT2D eigenvalue weighted by atomic mass is 32.2. The second-order valence-electron chi connectivity index (χ2n) is 1.38. The van der Waals surface area contributed by atoms with Crippen molar-refractivity contribution in [2.45, 2.75) is 5.75 Å². The number of aromatic nitrogens is 3.